The van der Waals surface area contributed by atoms with Crippen molar-refractivity contribution < 1.29 is 10.2 Å². The third kappa shape index (κ3) is 3.58. The first-order valence-electron chi connectivity index (χ1n) is 13.6. The largest absolute Gasteiger partial charge is 0.393 e. The first-order valence-corrected chi connectivity index (χ1v) is 13.6. The molecule has 0 amide bonds. The topological polar surface area (TPSA) is 40.5 Å². The van der Waals surface area contributed by atoms with E-state index in [4.69, 9.17) is 0 Å². The summed E-state index contributed by atoms with van der Waals surface area (Å²) in [6.45, 7) is 20.8. The van der Waals surface area contributed by atoms with E-state index in [0.29, 0.717) is 29.6 Å². The van der Waals surface area contributed by atoms with Crippen LogP contribution >= 0.6 is 0 Å². The summed E-state index contributed by atoms with van der Waals surface area (Å²) in [7, 11) is 0. The molecule has 4 aliphatic rings. The molecule has 8 unspecified atom stereocenters. The highest BCUT2D eigenvalue weighted by Crippen LogP contribution is 2.68. The Morgan fingerprint density at radius 2 is 1.72 bits per heavy atom. The maximum atomic E-state index is 11.7. The van der Waals surface area contributed by atoms with E-state index in [1.165, 1.54) is 36.8 Å². The first kappa shape index (κ1) is 24.5. The van der Waals surface area contributed by atoms with E-state index in [-0.39, 0.29) is 28.5 Å². The van der Waals surface area contributed by atoms with E-state index in [0.717, 1.165) is 32.1 Å². The highest BCUT2D eigenvalue weighted by Gasteiger charge is 2.61. The standard InChI is InChI=1S/C30H50O2/c1-18(2)19(3)9-10-20(4)22-12-13-23-21-11-14-25-28(5,6)26(32)15-16-29(25,7)27(21)24(31)17-30(22,23)8/h18,20,22-26,31-32H,3,9-17H2,1-2,4-8H3. The Morgan fingerprint density at radius 3 is 2.38 bits per heavy atom. The molecule has 8 atom stereocenters. The van der Waals surface area contributed by atoms with E-state index in [2.05, 4.69) is 55.0 Å². The zero-order valence-corrected chi connectivity index (χ0v) is 22.0. The van der Waals surface area contributed by atoms with Crippen LogP contribution in [0.15, 0.2) is 23.3 Å². The number of rotatable bonds is 5. The Bertz CT molecular complexity index is 776. The summed E-state index contributed by atoms with van der Waals surface area (Å²) >= 11 is 0. The van der Waals surface area contributed by atoms with Gasteiger partial charge in [-0.2, -0.15) is 0 Å². The molecule has 0 bridgehead atoms. The number of aliphatic hydroxyl groups excluding tert-OH is 2. The van der Waals surface area contributed by atoms with E-state index in [1.807, 2.05) is 0 Å². The second kappa shape index (κ2) is 8.26. The second-order valence-corrected chi connectivity index (χ2v) is 13.6. The third-order valence-corrected chi connectivity index (χ3v) is 11.3. The highest BCUT2D eigenvalue weighted by atomic mass is 16.3. The van der Waals surface area contributed by atoms with Crippen molar-refractivity contribution in [3.63, 3.8) is 0 Å². The predicted octanol–water partition coefficient (Wildman–Crippen LogP) is 7.31. The molecule has 0 heterocycles. The van der Waals surface area contributed by atoms with Gasteiger partial charge in [-0.15, -0.1) is 0 Å². The maximum absolute atomic E-state index is 11.7. The molecule has 4 aliphatic carbocycles. The van der Waals surface area contributed by atoms with Crippen molar-refractivity contribution in [3.05, 3.63) is 23.3 Å². The zero-order chi connectivity index (χ0) is 23.6. The van der Waals surface area contributed by atoms with Gasteiger partial charge < -0.3 is 10.2 Å². The minimum atomic E-state index is -0.302. The van der Waals surface area contributed by atoms with Crippen molar-refractivity contribution in [3.8, 4) is 0 Å². The molecule has 4 rings (SSSR count). The Kier molecular flexibility index (Phi) is 6.33. The Balaban J connectivity index is 1.62. The van der Waals surface area contributed by atoms with Crippen LogP contribution in [0.1, 0.15) is 106 Å². The monoisotopic (exact) mass is 442 g/mol. The average molecular weight is 443 g/mol. The quantitative estimate of drug-likeness (QED) is 0.438. The maximum Gasteiger partial charge on any atom is 0.0763 e. The van der Waals surface area contributed by atoms with Gasteiger partial charge in [0, 0.05) is 0 Å². The Morgan fingerprint density at radius 1 is 1.03 bits per heavy atom. The van der Waals surface area contributed by atoms with Gasteiger partial charge in [-0.05, 0) is 109 Å². The number of aliphatic hydroxyl groups is 2. The minimum Gasteiger partial charge on any atom is -0.393 e. The molecule has 2 nitrogen and oxygen atoms in total. The van der Waals surface area contributed by atoms with E-state index in [1.54, 1.807) is 5.57 Å². The van der Waals surface area contributed by atoms with Gasteiger partial charge in [0.1, 0.15) is 0 Å². The molecule has 182 valence electrons. The van der Waals surface area contributed by atoms with Crippen molar-refractivity contribution in [1.29, 1.82) is 0 Å². The van der Waals surface area contributed by atoms with Gasteiger partial charge in [-0.3, -0.25) is 0 Å². The predicted molar refractivity (Wildman–Crippen MR) is 134 cm³/mol. The van der Waals surface area contributed by atoms with Crippen molar-refractivity contribution in [2.45, 2.75) is 118 Å². The van der Waals surface area contributed by atoms with Crippen molar-refractivity contribution in [1.82, 2.24) is 0 Å². The molecule has 0 aliphatic heterocycles. The third-order valence-electron chi connectivity index (χ3n) is 11.3. The molecule has 0 saturated heterocycles. The van der Waals surface area contributed by atoms with Crippen molar-refractivity contribution in [2.24, 2.45) is 45.8 Å². The van der Waals surface area contributed by atoms with Crippen molar-refractivity contribution >= 4 is 0 Å². The van der Waals surface area contributed by atoms with Crippen LogP contribution in [-0.4, -0.2) is 22.4 Å². The molecule has 0 spiro atoms. The van der Waals surface area contributed by atoms with Crippen LogP contribution in [0.2, 0.25) is 0 Å². The minimum absolute atomic E-state index is 0.0514. The van der Waals surface area contributed by atoms with Gasteiger partial charge in [0.2, 0.25) is 0 Å². The normalized spacial score (nSPS) is 44.1. The lowest BCUT2D eigenvalue weighted by Gasteiger charge is -2.60. The summed E-state index contributed by atoms with van der Waals surface area (Å²) in [6.07, 6.45) is 9.60. The Hall–Kier alpha value is -0.600. The van der Waals surface area contributed by atoms with E-state index < -0.39 is 0 Å². The molecule has 2 fully saturated rings. The summed E-state index contributed by atoms with van der Waals surface area (Å²) in [5.41, 5.74) is 4.64. The number of hydrogen-bond acceptors (Lipinski definition) is 2. The van der Waals surface area contributed by atoms with Gasteiger partial charge in [0.05, 0.1) is 12.2 Å². The van der Waals surface area contributed by atoms with Gasteiger partial charge in [0.15, 0.2) is 0 Å². The van der Waals surface area contributed by atoms with Crippen LogP contribution in [0.4, 0.5) is 0 Å². The molecule has 0 aromatic heterocycles. The molecule has 2 heteroatoms. The van der Waals surface area contributed by atoms with Gasteiger partial charge in [-0.25, -0.2) is 0 Å². The fourth-order valence-electron chi connectivity index (χ4n) is 9.29. The first-order chi connectivity index (χ1) is 14.8. The molecular formula is C30H50O2. The van der Waals surface area contributed by atoms with E-state index in [9.17, 15) is 10.2 Å². The Labute approximate surface area is 198 Å². The van der Waals surface area contributed by atoms with Crippen LogP contribution in [-0.2, 0) is 0 Å². The summed E-state index contributed by atoms with van der Waals surface area (Å²) < 4.78 is 0. The van der Waals surface area contributed by atoms with Gasteiger partial charge in [0.25, 0.3) is 0 Å². The van der Waals surface area contributed by atoms with Crippen LogP contribution in [0.25, 0.3) is 0 Å². The molecule has 2 saturated carbocycles. The summed E-state index contributed by atoms with van der Waals surface area (Å²) in [5.74, 6) is 3.08. The van der Waals surface area contributed by atoms with Crippen LogP contribution in [0, 0.1) is 45.8 Å². The lowest BCUT2D eigenvalue weighted by atomic mass is 9.45. The molecule has 0 aromatic carbocycles. The number of allylic oxidation sites excluding steroid dienone is 2. The molecular weight excluding hydrogens is 392 g/mol. The fraction of sp³-hybridized carbons (Fsp3) is 0.867. The fourth-order valence-corrected chi connectivity index (χ4v) is 9.29. The second-order valence-electron chi connectivity index (χ2n) is 13.6. The lowest BCUT2D eigenvalue weighted by molar-refractivity contribution is -0.102. The summed E-state index contributed by atoms with van der Waals surface area (Å²) in [5, 5.41) is 22.5. The van der Waals surface area contributed by atoms with Crippen LogP contribution < -0.4 is 0 Å². The SMILES string of the molecule is C=C(CCC(C)C1CCC2C3=C(C(O)CC21C)C1(C)CCC(O)C(C)(C)C1CC3)C(C)C. The highest BCUT2D eigenvalue weighted by molar-refractivity contribution is 5.38. The lowest BCUT2D eigenvalue weighted by Crippen LogP contribution is -2.56. The smallest absolute Gasteiger partial charge is 0.0763 e. The van der Waals surface area contributed by atoms with Gasteiger partial charge in [-0.1, -0.05) is 66.2 Å². The van der Waals surface area contributed by atoms with Crippen molar-refractivity contribution in [2.75, 3.05) is 0 Å². The van der Waals surface area contributed by atoms with Crippen LogP contribution in [0.5, 0.6) is 0 Å². The molecule has 0 aromatic rings. The summed E-state index contributed by atoms with van der Waals surface area (Å²) in [6, 6.07) is 0. The molecule has 2 N–H and O–H groups in total. The molecule has 0 radical (unpaired) electrons. The van der Waals surface area contributed by atoms with Gasteiger partial charge >= 0.3 is 0 Å². The van der Waals surface area contributed by atoms with E-state index >= 15 is 0 Å². The number of hydrogen-bond donors (Lipinski definition) is 2. The average Bonchev–Trinajstić information content (AvgIpc) is 3.05. The molecule has 32 heavy (non-hydrogen) atoms. The number of fused-ring (bicyclic) bond motifs is 4. The summed E-state index contributed by atoms with van der Waals surface area (Å²) in [4.78, 5) is 0. The van der Waals surface area contributed by atoms with Crippen LogP contribution in [0.3, 0.4) is 0 Å². The zero-order valence-electron chi connectivity index (χ0n) is 22.0.